The summed E-state index contributed by atoms with van der Waals surface area (Å²) >= 11 is 3.46. The maximum Gasteiger partial charge on any atom is 0.125 e. The number of nitrogens with zero attached hydrogens (tertiary/aromatic N) is 3. The molecule has 6 heteroatoms. The Balaban J connectivity index is 1.50. The Hall–Kier alpha value is -2.28. The van der Waals surface area contributed by atoms with Crippen molar-refractivity contribution in [1.29, 1.82) is 0 Å². The summed E-state index contributed by atoms with van der Waals surface area (Å²) < 4.78 is 1.21. The lowest BCUT2D eigenvalue weighted by Gasteiger charge is -2.37. The molecule has 1 atom stereocenters. The second kappa shape index (κ2) is 7.52. The molecule has 0 spiro atoms. The summed E-state index contributed by atoms with van der Waals surface area (Å²) in [6.45, 7) is 8.03. The Morgan fingerprint density at radius 2 is 2.07 bits per heavy atom. The fourth-order valence-corrected chi connectivity index (χ4v) is 6.01. The molecule has 5 rings (SSSR count). The van der Waals surface area contributed by atoms with Gasteiger partial charge in [-0.05, 0) is 63.1 Å². The van der Waals surface area contributed by atoms with Crippen LogP contribution in [-0.2, 0) is 0 Å². The zero-order chi connectivity index (χ0) is 20.0. The number of aromatic nitrogens is 2. The molecule has 0 bridgehead atoms. The first-order chi connectivity index (χ1) is 14.1. The number of hydrogen-bond donors (Lipinski definition) is 1. The number of thiophene rings is 1. The highest BCUT2D eigenvalue weighted by molar-refractivity contribution is 7.19. The fourth-order valence-electron chi connectivity index (χ4n) is 4.21. The summed E-state index contributed by atoms with van der Waals surface area (Å²) in [5.41, 5.74) is 6.51. The molecule has 4 heterocycles. The first-order valence-corrected chi connectivity index (χ1v) is 11.7. The van der Waals surface area contributed by atoms with Crippen LogP contribution in [0.3, 0.4) is 0 Å². The molecule has 4 nitrogen and oxygen atoms in total. The number of anilines is 2. The highest BCUT2D eigenvalue weighted by atomic mass is 32.1. The van der Waals surface area contributed by atoms with Crippen LogP contribution in [0.15, 0.2) is 48.1 Å². The number of pyridine rings is 1. The Labute approximate surface area is 178 Å². The van der Waals surface area contributed by atoms with E-state index in [1.165, 1.54) is 20.5 Å². The van der Waals surface area contributed by atoms with Gasteiger partial charge in [-0.2, -0.15) is 0 Å². The zero-order valence-corrected chi connectivity index (χ0v) is 18.5. The van der Waals surface area contributed by atoms with E-state index in [2.05, 4.69) is 77.4 Å². The van der Waals surface area contributed by atoms with E-state index >= 15 is 0 Å². The van der Waals surface area contributed by atoms with Crippen molar-refractivity contribution >= 4 is 60.1 Å². The molecule has 0 saturated carbocycles. The van der Waals surface area contributed by atoms with E-state index < -0.39 is 0 Å². The Kier molecular flexibility index (Phi) is 4.86. The van der Waals surface area contributed by atoms with Crippen molar-refractivity contribution in [2.75, 3.05) is 11.9 Å². The van der Waals surface area contributed by atoms with Gasteiger partial charge in [0.1, 0.15) is 4.83 Å². The number of hydrogen-bond acceptors (Lipinski definition) is 6. The molecule has 0 fully saturated rings. The van der Waals surface area contributed by atoms with Gasteiger partial charge in [0.05, 0.1) is 21.4 Å². The van der Waals surface area contributed by atoms with Crippen LogP contribution in [0.25, 0.3) is 26.0 Å². The zero-order valence-electron chi connectivity index (χ0n) is 16.8. The SMILES string of the molecule is CC(C)N1CCC=C(c2cc3c(Nc4ccc5scnc5c4)ccnc3s2)C1C. The monoisotopic (exact) mass is 420 g/mol. The van der Waals surface area contributed by atoms with E-state index in [0.717, 1.165) is 34.7 Å². The fraction of sp³-hybridized carbons (Fsp3) is 0.304. The average molecular weight is 421 g/mol. The van der Waals surface area contributed by atoms with Gasteiger partial charge in [-0.1, -0.05) is 6.08 Å². The highest BCUT2D eigenvalue weighted by Gasteiger charge is 2.25. The minimum absolute atomic E-state index is 0.431. The van der Waals surface area contributed by atoms with Gasteiger partial charge in [-0.15, -0.1) is 22.7 Å². The van der Waals surface area contributed by atoms with Gasteiger partial charge in [0.2, 0.25) is 0 Å². The summed E-state index contributed by atoms with van der Waals surface area (Å²) in [5, 5.41) is 4.77. The minimum atomic E-state index is 0.431. The van der Waals surface area contributed by atoms with Crippen molar-refractivity contribution in [3.05, 3.63) is 53.0 Å². The van der Waals surface area contributed by atoms with E-state index in [4.69, 9.17) is 0 Å². The van der Waals surface area contributed by atoms with Crippen molar-refractivity contribution in [2.45, 2.75) is 39.3 Å². The van der Waals surface area contributed by atoms with Crippen molar-refractivity contribution in [1.82, 2.24) is 14.9 Å². The predicted octanol–water partition coefficient (Wildman–Crippen LogP) is 6.54. The summed E-state index contributed by atoms with van der Waals surface area (Å²) in [4.78, 5) is 14.1. The van der Waals surface area contributed by atoms with Gasteiger partial charge >= 0.3 is 0 Å². The largest absolute Gasteiger partial charge is 0.355 e. The van der Waals surface area contributed by atoms with Gasteiger partial charge in [-0.3, -0.25) is 4.90 Å². The number of fused-ring (bicyclic) bond motifs is 2. The Bertz CT molecular complexity index is 1200. The van der Waals surface area contributed by atoms with Crippen molar-refractivity contribution in [2.24, 2.45) is 0 Å². The molecular weight excluding hydrogens is 396 g/mol. The summed E-state index contributed by atoms with van der Waals surface area (Å²) in [7, 11) is 0. The van der Waals surface area contributed by atoms with Gasteiger partial charge in [0.15, 0.2) is 0 Å². The second-order valence-corrected chi connectivity index (χ2v) is 9.72. The molecular formula is C23H24N4S2. The van der Waals surface area contributed by atoms with Crippen LogP contribution in [0.1, 0.15) is 32.1 Å². The van der Waals surface area contributed by atoms with E-state index in [0.29, 0.717) is 12.1 Å². The molecule has 148 valence electrons. The van der Waals surface area contributed by atoms with E-state index in [-0.39, 0.29) is 0 Å². The average Bonchev–Trinajstić information content (AvgIpc) is 3.34. The number of thiazole rings is 1. The molecule has 3 aromatic heterocycles. The van der Waals surface area contributed by atoms with Gasteiger partial charge in [0, 0.05) is 40.8 Å². The maximum atomic E-state index is 4.65. The normalized spacial score (nSPS) is 17.9. The number of benzene rings is 1. The minimum Gasteiger partial charge on any atom is -0.355 e. The van der Waals surface area contributed by atoms with Crippen LogP contribution < -0.4 is 5.32 Å². The molecule has 0 radical (unpaired) electrons. The first-order valence-electron chi connectivity index (χ1n) is 10.0. The molecule has 0 saturated heterocycles. The predicted molar refractivity (Wildman–Crippen MR) is 126 cm³/mol. The molecule has 1 N–H and O–H groups in total. The second-order valence-electron chi connectivity index (χ2n) is 7.80. The third-order valence-electron chi connectivity index (χ3n) is 5.69. The van der Waals surface area contributed by atoms with E-state index in [1.54, 1.807) is 22.7 Å². The van der Waals surface area contributed by atoms with E-state index in [1.807, 2.05) is 11.7 Å². The third-order valence-corrected chi connectivity index (χ3v) is 7.59. The lowest BCUT2D eigenvalue weighted by Crippen LogP contribution is -2.41. The Morgan fingerprint density at radius 3 is 2.93 bits per heavy atom. The molecule has 0 amide bonds. The van der Waals surface area contributed by atoms with Crippen LogP contribution in [0.4, 0.5) is 11.4 Å². The summed E-state index contributed by atoms with van der Waals surface area (Å²) in [6.07, 6.45) is 5.42. The van der Waals surface area contributed by atoms with Crippen LogP contribution >= 0.6 is 22.7 Å². The number of nitrogens with one attached hydrogen (secondary N) is 1. The van der Waals surface area contributed by atoms with Crippen LogP contribution in [0.5, 0.6) is 0 Å². The van der Waals surface area contributed by atoms with Crippen molar-refractivity contribution in [3.63, 3.8) is 0 Å². The molecule has 1 aliphatic heterocycles. The topological polar surface area (TPSA) is 41.0 Å². The van der Waals surface area contributed by atoms with Crippen molar-refractivity contribution in [3.8, 4) is 0 Å². The third kappa shape index (κ3) is 3.45. The number of rotatable bonds is 4. The van der Waals surface area contributed by atoms with Gasteiger partial charge < -0.3 is 5.32 Å². The Morgan fingerprint density at radius 1 is 1.17 bits per heavy atom. The molecule has 0 aliphatic carbocycles. The molecule has 4 aromatic rings. The molecule has 1 unspecified atom stereocenters. The first kappa shape index (κ1) is 18.7. The van der Waals surface area contributed by atoms with Crippen molar-refractivity contribution < 1.29 is 0 Å². The maximum absolute atomic E-state index is 4.65. The van der Waals surface area contributed by atoms with Crippen LogP contribution in [0.2, 0.25) is 0 Å². The smallest absolute Gasteiger partial charge is 0.125 e. The van der Waals surface area contributed by atoms with Gasteiger partial charge in [0.25, 0.3) is 0 Å². The quantitative estimate of drug-likeness (QED) is 0.407. The van der Waals surface area contributed by atoms with Crippen LogP contribution in [0, 0.1) is 0 Å². The summed E-state index contributed by atoms with van der Waals surface area (Å²) in [6, 6.07) is 11.7. The molecule has 1 aliphatic rings. The summed E-state index contributed by atoms with van der Waals surface area (Å²) in [5.74, 6) is 0. The lowest BCUT2D eigenvalue weighted by atomic mass is 9.98. The molecule has 1 aromatic carbocycles. The van der Waals surface area contributed by atoms with E-state index in [9.17, 15) is 0 Å². The lowest BCUT2D eigenvalue weighted by molar-refractivity contribution is 0.194. The van der Waals surface area contributed by atoms with Crippen LogP contribution in [-0.4, -0.2) is 33.5 Å². The standard InChI is InChI=1S/C23H24N4S2/c1-14(2)27-10-4-5-17(15(27)3)22-12-18-19(8-9-24-23(18)29-22)26-16-6-7-21-20(11-16)25-13-28-21/h5-9,11-15H,4,10H2,1-3H3,(H,24,26). The highest BCUT2D eigenvalue weighted by Crippen LogP contribution is 2.38. The molecule has 29 heavy (non-hydrogen) atoms. The van der Waals surface area contributed by atoms with Gasteiger partial charge in [-0.25, -0.2) is 9.97 Å².